The van der Waals surface area contributed by atoms with Gasteiger partial charge in [0, 0.05) is 11.1 Å². The molecule has 1 aromatic rings. The Balaban J connectivity index is 2.03. The zero-order valence-corrected chi connectivity index (χ0v) is 13.1. The SMILES string of the molecule is CC1(C)CCCC(C)(C)N1OCc1ccc(CO)cc1. The van der Waals surface area contributed by atoms with Gasteiger partial charge in [0.05, 0.1) is 13.2 Å². The topological polar surface area (TPSA) is 32.7 Å². The van der Waals surface area contributed by atoms with Crippen molar-refractivity contribution in [1.29, 1.82) is 0 Å². The fraction of sp³-hybridized carbons (Fsp3) is 0.647. The molecule has 0 aromatic heterocycles. The van der Waals surface area contributed by atoms with E-state index in [-0.39, 0.29) is 17.7 Å². The van der Waals surface area contributed by atoms with Crippen molar-refractivity contribution < 1.29 is 9.94 Å². The molecule has 0 aliphatic carbocycles. The quantitative estimate of drug-likeness (QED) is 0.911. The van der Waals surface area contributed by atoms with E-state index in [2.05, 4.69) is 32.8 Å². The average Bonchev–Trinajstić information content (AvgIpc) is 2.37. The van der Waals surface area contributed by atoms with E-state index in [1.54, 1.807) is 0 Å². The van der Waals surface area contributed by atoms with Crippen LogP contribution in [0.25, 0.3) is 0 Å². The summed E-state index contributed by atoms with van der Waals surface area (Å²) < 4.78 is 0. The van der Waals surface area contributed by atoms with Gasteiger partial charge in [-0.15, -0.1) is 0 Å². The molecule has 1 aliphatic heterocycles. The van der Waals surface area contributed by atoms with Crippen LogP contribution in [-0.4, -0.2) is 21.2 Å². The largest absolute Gasteiger partial charge is 0.392 e. The molecule has 1 aliphatic rings. The van der Waals surface area contributed by atoms with Gasteiger partial charge in [-0.05, 0) is 58.1 Å². The number of aliphatic hydroxyl groups excluding tert-OH is 1. The van der Waals surface area contributed by atoms with E-state index in [1.165, 1.54) is 19.3 Å². The van der Waals surface area contributed by atoms with Crippen LogP contribution in [-0.2, 0) is 18.1 Å². The molecule has 3 heteroatoms. The van der Waals surface area contributed by atoms with Crippen molar-refractivity contribution in [2.45, 2.75) is 71.2 Å². The van der Waals surface area contributed by atoms with Crippen LogP contribution < -0.4 is 0 Å². The van der Waals surface area contributed by atoms with Gasteiger partial charge in [-0.25, -0.2) is 0 Å². The summed E-state index contributed by atoms with van der Waals surface area (Å²) in [5.74, 6) is 0. The number of nitrogens with zero attached hydrogens (tertiary/aromatic N) is 1. The Kier molecular flexibility index (Phi) is 4.52. The first kappa shape index (κ1) is 15.5. The molecule has 20 heavy (non-hydrogen) atoms. The Morgan fingerprint density at radius 2 is 1.50 bits per heavy atom. The van der Waals surface area contributed by atoms with Gasteiger partial charge in [0.2, 0.25) is 0 Å². The van der Waals surface area contributed by atoms with Gasteiger partial charge < -0.3 is 5.11 Å². The molecular formula is C17H27NO2. The molecule has 0 amide bonds. The molecule has 0 bridgehead atoms. The third-order valence-electron chi connectivity index (χ3n) is 4.24. The maximum absolute atomic E-state index is 9.06. The minimum atomic E-state index is 0.0762. The number of hydroxylamine groups is 2. The minimum absolute atomic E-state index is 0.0762. The molecule has 1 heterocycles. The number of rotatable bonds is 4. The summed E-state index contributed by atoms with van der Waals surface area (Å²) in [6.07, 6.45) is 3.59. The van der Waals surface area contributed by atoms with Crippen LogP contribution >= 0.6 is 0 Å². The number of benzene rings is 1. The molecule has 112 valence electrons. The highest BCUT2D eigenvalue weighted by molar-refractivity contribution is 5.21. The van der Waals surface area contributed by atoms with E-state index >= 15 is 0 Å². The second kappa shape index (κ2) is 5.84. The van der Waals surface area contributed by atoms with E-state index in [0.717, 1.165) is 11.1 Å². The zero-order chi connectivity index (χ0) is 14.8. The predicted molar refractivity (Wildman–Crippen MR) is 81.0 cm³/mol. The van der Waals surface area contributed by atoms with Crippen molar-refractivity contribution in [2.24, 2.45) is 0 Å². The third-order valence-corrected chi connectivity index (χ3v) is 4.24. The van der Waals surface area contributed by atoms with E-state index in [4.69, 9.17) is 9.94 Å². The van der Waals surface area contributed by atoms with Crippen LogP contribution in [0.3, 0.4) is 0 Å². The van der Waals surface area contributed by atoms with Crippen LogP contribution in [0.1, 0.15) is 58.1 Å². The fourth-order valence-corrected chi connectivity index (χ4v) is 3.21. The number of aliphatic hydroxyl groups is 1. The standard InChI is InChI=1S/C17H27NO2/c1-16(2)10-5-11-17(3,4)18(16)20-13-15-8-6-14(12-19)7-9-15/h6-9,19H,5,10-13H2,1-4H3. The summed E-state index contributed by atoms with van der Waals surface area (Å²) in [6, 6.07) is 7.95. The van der Waals surface area contributed by atoms with Gasteiger partial charge in [0.15, 0.2) is 0 Å². The zero-order valence-electron chi connectivity index (χ0n) is 13.1. The van der Waals surface area contributed by atoms with Crippen molar-refractivity contribution in [3.05, 3.63) is 35.4 Å². The highest BCUT2D eigenvalue weighted by Gasteiger charge is 2.42. The second-order valence-electron chi connectivity index (χ2n) is 7.02. The molecule has 0 atom stereocenters. The molecular weight excluding hydrogens is 250 g/mol. The Morgan fingerprint density at radius 1 is 1.00 bits per heavy atom. The molecule has 0 unspecified atom stereocenters. The number of hydrogen-bond acceptors (Lipinski definition) is 3. The smallest absolute Gasteiger partial charge is 0.0936 e. The normalized spacial score (nSPS) is 21.9. The molecule has 0 radical (unpaired) electrons. The average molecular weight is 277 g/mol. The third kappa shape index (κ3) is 3.40. The first-order chi connectivity index (χ1) is 9.35. The fourth-order valence-electron chi connectivity index (χ4n) is 3.21. The van der Waals surface area contributed by atoms with Gasteiger partial charge >= 0.3 is 0 Å². The molecule has 1 saturated heterocycles. The number of piperidine rings is 1. The Hall–Kier alpha value is -0.900. The van der Waals surface area contributed by atoms with E-state index in [1.807, 2.05) is 24.3 Å². The highest BCUT2D eigenvalue weighted by Crippen LogP contribution is 2.38. The van der Waals surface area contributed by atoms with E-state index in [0.29, 0.717) is 6.61 Å². The van der Waals surface area contributed by atoms with Crippen molar-refractivity contribution in [3.8, 4) is 0 Å². The summed E-state index contributed by atoms with van der Waals surface area (Å²) in [4.78, 5) is 6.14. The van der Waals surface area contributed by atoms with Gasteiger partial charge in [0.1, 0.15) is 0 Å². The lowest BCUT2D eigenvalue weighted by molar-refractivity contribution is -0.288. The van der Waals surface area contributed by atoms with Crippen LogP contribution in [0.4, 0.5) is 0 Å². The monoisotopic (exact) mass is 277 g/mol. The van der Waals surface area contributed by atoms with Gasteiger partial charge in [-0.3, -0.25) is 4.84 Å². The van der Waals surface area contributed by atoms with Gasteiger partial charge in [0.25, 0.3) is 0 Å². The predicted octanol–water partition coefficient (Wildman–Crippen LogP) is 3.65. The van der Waals surface area contributed by atoms with Crippen LogP contribution in [0.2, 0.25) is 0 Å². The van der Waals surface area contributed by atoms with Crippen molar-refractivity contribution in [3.63, 3.8) is 0 Å². The van der Waals surface area contributed by atoms with Crippen molar-refractivity contribution >= 4 is 0 Å². The molecule has 1 fully saturated rings. The molecule has 1 N–H and O–H groups in total. The molecule has 2 rings (SSSR count). The van der Waals surface area contributed by atoms with Crippen molar-refractivity contribution in [1.82, 2.24) is 5.06 Å². The molecule has 3 nitrogen and oxygen atoms in total. The van der Waals surface area contributed by atoms with Crippen molar-refractivity contribution in [2.75, 3.05) is 0 Å². The molecule has 0 spiro atoms. The number of hydrogen-bond donors (Lipinski definition) is 1. The van der Waals surface area contributed by atoms with E-state index < -0.39 is 0 Å². The first-order valence-corrected chi connectivity index (χ1v) is 7.47. The maximum Gasteiger partial charge on any atom is 0.0936 e. The van der Waals surface area contributed by atoms with Crippen LogP contribution in [0.5, 0.6) is 0 Å². The highest BCUT2D eigenvalue weighted by atomic mass is 16.7. The summed E-state index contributed by atoms with van der Waals surface area (Å²) in [5, 5.41) is 11.2. The Morgan fingerprint density at radius 3 is 2.00 bits per heavy atom. The Labute approximate surface area is 122 Å². The minimum Gasteiger partial charge on any atom is -0.392 e. The van der Waals surface area contributed by atoms with Gasteiger partial charge in [-0.2, -0.15) is 5.06 Å². The lowest BCUT2D eigenvalue weighted by atomic mass is 9.82. The maximum atomic E-state index is 9.06. The first-order valence-electron chi connectivity index (χ1n) is 7.47. The summed E-state index contributed by atoms with van der Waals surface area (Å²) in [5.41, 5.74) is 2.23. The second-order valence-corrected chi connectivity index (χ2v) is 7.02. The van der Waals surface area contributed by atoms with Crippen LogP contribution in [0, 0.1) is 0 Å². The summed E-state index contributed by atoms with van der Waals surface area (Å²) >= 11 is 0. The summed E-state index contributed by atoms with van der Waals surface area (Å²) in [6.45, 7) is 9.68. The molecule has 0 saturated carbocycles. The van der Waals surface area contributed by atoms with Crippen LogP contribution in [0.15, 0.2) is 24.3 Å². The lowest BCUT2D eigenvalue weighted by Crippen LogP contribution is -2.58. The Bertz CT molecular complexity index is 421. The lowest BCUT2D eigenvalue weighted by Gasteiger charge is -2.51. The van der Waals surface area contributed by atoms with Gasteiger partial charge in [-0.1, -0.05) is 24.3 Å². The molecule has 1 aromatic carbocycles. The van der Waals surface area contributed by atoms with E-state index in [9.17, 15) is 0 Å². The summed E-state index contributed by atoms with van der Waals surface area (Å²) in [7, 11) is 0.